The fraction of sp³-hybridized carbons (Fsp3) is 0.368. The minimum absolute atomic E-state index is 0.0149. The molecule has 1 unspecified atom stereocenters. The first-order valence-electron chi connectivity index (χ1n) is 9.34. The number of para-hydroxylation sites is 1. The van der Waals surface area contributed by atoms with Crippen molar-refractivity contribution in [2.75, 3.05) is 12.0 Å². The molecule has 1 atom stereocenters. The molecule has 0 aliphatic rings. The number of aromatic hydroxyl groups is 1. The minimum Gasteiger partial charge on any atom is -0.507 e. The molecule has 2 aromatic heterocycles. The number of aliphatic hydroxyl groups is 1. The lowest BCUT2D eigenvalue weighted by Crippen LogP contribution is -2.30. The number of phenols is 1. The van der Waals surface area contributed by atoms with Crippen molar-refractivity contribution in [1.29, 1.82) is 0 Å². The number of aryl methyl sites for hydroxylation is 1. The number of hydrogen-bond acceptors (Lipinski definition) is 8. The zero-order valence-corrected chi connectivity index (χ0v) is 16.9. The predicted octanol–water partition coefficient (Wildman–Crippen LogP) is 0.361. The molecule has 2 heterocycles. The first-order valence-corrected chi connectivity index (χ1v) is 9.34. The van der Waals surface area contributed by atoms with Crippen molar-refractivity contribution in [2.24, 2.45) is 12.1 Å². The number of aromatic amines is 1. The van der Waals surface area contributed by atoms with Gasteiger partial charge in [-0.3, -0.25) is 14.3 Å². The van der Waals surface area contributed by atoms with Gasteiger partial charge in [-0.15, -0.1) is 0 Å². The summed E-state index contributed by atoms with van der Waals surface area (Å²) in [6.45, 7) is 3.74. The number of imidazole rings is 1. The maximum atomic E-state index is 12.4. The number of benzene rings is 1. The quantitative estimate of drug-likeness (QED) is 0.306. The molecule has 0 amide bonds. The second-order valence-electron chi connectivity index (χ2n) is 7.00. The Morgan fingerprint density at radius 1 is 1.33 bits per heavy atom. The zero-order chi connectivity index (χ0) is 21.8. The van der Waals surface area contributed by atoms with Crippen LogP contribution in [0.4, 0.5) is 5.95 Å². The highest BCUT2D eigenvalue weighted by Gasteiger charge is 2.19. The summed E-state index contributed by atoms with van der Waals surface area (Å²) in [7, 11) is 1.48. The molecular formula is C19H24N6O5. The maximum Gasteiger partial charge on any atom is 0.329 e. The molecule has 0 spiro atoms. The molecule has 11 heteroatoms. The summed E-state index contributed by atoms with van der Waals surface area (Å²) in [5.74, 6) is 0.198. The van der Waals surface area contributed by atoms with Crippen molar-refractivity contribution in [3.05, 3.63) is 50.7 Å². The predicted molar refractivity (Wildman–Crippen MR) is 112 cm³/mol. The van der Waals surface area contributed by atoms with Crippen LogP contribution in [0.1, 0.15) is 19.4 Å². The average molecular weight is 416 g/mol. The molecule has 1 aromatic carbocycles. The van der Waals surface area contributed by atoms with Gasteiger partial charge in [0.25, 0.3) is 5.56 Å². The van der Waals surface area contributed by atoms with Gasteiger partial charge in [-0.1, -0.05) is 12.1 Å². The SMILES string of the molecule is CC(C)OCC(O)Cn1c(N/N=C\c2ccccc2O)nc2c1c(=O)[nH]c(=O)n2C. The fourth-order valence-electron chi connectivity index (χ4n) is 2.82. The Morgan fingerprint density at radius 3 is 2.77 bits per heavy atom. The van der Waals surface area contributed by atoms with Gasteiger partial charge in [-0.25, -0.2) is 10.2 Å². The van der Waals surface area contributed by atoms with Crippen molar-refractivity contribution in [1.82, 2.24) is 19.1 Å². The van der Waals surface area contributed by atoms with Crippen LogP contribution >= 0.6 is 0 Å². The van der Waals surface area contributed by atoms with Gasteiger partial charge in [0.1, 0.15) is 5.75 Å². The van der Waals surface area contributed by atoms with E-state index in [0.29, 0.717) is 5.56 Å². The van der Waals surface area contributed by atoms with Crippen LogP contribution in [0, 0.1) is 0 Å². The number of anilines is 1. The smallest absolute Gasteiger partial charge is 0.329 e. The summed E-state index contributed by atoms with van der Waals surface area (Å²) in [5.41, 5.74) is 2.20. The molecule has 160 valence electrons. The van der Waals surface area contributed by atoms with E-state index in [9.17, 15) is 19.8 Å². The minimum atomic E-state index is -0.927. The number of fused-ring (bicyclic) bond motifs is 1. The van der Waals surface area contributed by atoms with E-state index in [4.69, 9.17) is 4.74 Å². The van der Waals surface area contributed by atoms with Gasteiger partial charge in [-0.2, -0.15) is 10.1 Å². The highest BCUT2D eigenvalue weighted by atomic mass is 16.5. The molecule has 0 saturated heterocycles. The largest absolute Gasteiger partial charge is 0.507 e. The van der Waals surface area contributed by atoms with Crippen LogP contribution in [0.2, 0.25) is 0 Å². The van der Waals surface area contributed by atoms with Crippen LogP contribution in [0.5, 0.6) is 5.75 Å². The number of H-pyrrole nitrogens is 1. The van der Waals surface area contributed by atoms with Crippen LogP contribution in [-0.2, 0) is 18.3 Å². The molecule has 4 N–H and O–H groups in total. The summed E-state index contributed by atoms with van der Waals surface area (Å²) < 4.78 is 8.06. The molecule has 11 nitrogen and oxygen atoms in total. The molecule has 3 rings (SSSR count). The number of hydrazone groups is 1. The lowest BCUT2D eigenvalue weighted by atomic mass is 10.2. The van der Waals surface area contributed by atoms with Crippen LogP contribution in [-0.4, -0.2) is 54.3 Å². The highest BCUT2D eigenvalue weighted by molar-refractivity contribution is 5.83. The van der Waals surface area contributed by atoms with E-state index in [2.05, 4.69) is 20.5 Å². The number of aromatic nitrogens is 4. The fourth-order valence-corrected chi connectivity index (χ4v) is 2.82. The topological polar surface area (TPSA) is 147 Å². The third-order valence-electron chi connectivity index (χ3n) is 4.33. The molecule has 3 aromatic rings. The normalized spacial score (nSPS) is 12.8. The standard InChI is InChI=1S/C19H24N6O5/c1-11(2)30-10-13(26)9-25-15-16(24(3)19(29)22-17(15)28)21-18(25)23-20-8-12-6-4-5-7-14(12)27/h4-8,11,13,26-27H,9-10H2,1-3H3,(H,21,23)(H,22,28,29)/b20-8-. The van der Waals surface area contributed by atoms with Gasteiger partial charge in [-0.05, 0) is 26.0 Å². The van der Waals surface area contributed by atoms with E-state index in [1.807, 2.05) is 13.8 Å². The third-order valence-corrected chi connectivity index (χ3v) is 4.33. The second-order valence-corrected chi connectivity index (χ2v) is 7.00. The number of ether oxygens (including phenoxy) is 1. The molecule has 0 aliphatic carbocycles. The lowest BCUT2D eigenvalue weighted by Gasteiger charge is -2.15. The van der Waals surface area contributed by atoms with Gasteiger partial charge in [0.05, 0.1) is 31.6 Å². The van der Waals surface area contributed by atoms with Crippen LogP contribution in [0.25, 0.3) is 11.2 Å². The van der Waals surface area contributed by atoms with E-state index in [1.54, 1.807) is 18.2 Å². The van der Waals surface area contributed by atoms with E-state index < -0.39 is 17.4 Å². The lowest BCUT2D eigenvalue weighted by molar-refractivity contribution is -0.000105. The van der Waals surface area contributed by atoms with Crippen molar-refractivity contribution < 1.29 is 14.9 Å². The van der Waals surface area contributed by atoms with Gasteiger partial charge in [0, 0.05) is 12.6 Å². The highest BCUT2D eigenvalue weighted by Crippen LogP contribution is 2.17. The third kappa shape index (κ3) is 4.58. The van der Waals surface area contributed by atoms with Crippen molar-refractivity contribution >= 4 is 23.3 Å². The monoisotopic (exact) mass is 416 g/mol. The number of rotatable bonds is 8. The van der Waals surface area contributed by atoms with E-state index >= 15 is 0 Å². The molecule has 0 fully saturated rings. The first-order chi connectivity index (χ1) is 14.3. The van der Waals surface area contributed by atoms with Crippen LogP contribution in [0.15, 0.2) is 39.0 Å². The number of hydrogen-bond donors (Lipinski definition) is 4. The van der Waals surface area contributed by atoms with Crippen molar-refractivity contribution in [3.8, 4) is 5.75 Å². The first kappa shape index (κ1) is 21.3. The Morgan fingerprint density at radius 2 is 2.07 bits per heavy atom. The summed E-state index contributed by atoms with van der Waals surface area (Å²) in [5, 5.41) is 24.2. The maximum absolute atomic E-state index is 12.4. The van der Waals surface area contributed by atoms with Gasteiger partial charge in [0.15, 0.2) is 11.2 Å². The van der Waals surface area contributed by atoms with Crippen LogP contribution < -0.4 is 16.7 Å². The Bertz CT molecular complexity index is 1180. The van der Waals surface area contributed by atoms with E-state index in [1.165, 1.54) is 28.5 Å². The number of phenolic OH excluding ortho intramolecular Hbond substituents is 1. The Labute approximate surface area is 171 Å². The molecule has 0 aliphatic heterocycles. The van der Waals surface area contributed by atoms with Gasteiger partial charge in [0.2, 0.25) is 5.95 Å². The molecule has 30 heavy (non-hydrogen) atoms. The Balaban J connectivity index is 1.98. The van der Waals surface area contributed by atoms with Crippen LogP contribution in [0.3, 0.4) is 0 Å². The summed E-state index contributed by atoms with van der Waals surface area (Å²) in [6, 6.07) is 6.63. The molecule has 0 saturated carbocycles. The number of nitrogens with zero attached hydrogens (tertiary/aromatic N) is 4. The Hall–Kier alpha value is -3.44. The van der Waals surface area contributed by atoms with Gasteiger partial charge >= 0.3 is 5.69 Å². The number of aliphatic hydroxyl groups excluding tert-OH is 1. The average Bonchev–Trinajstić information content (AvgIpc) is 3.05. The number of nitrogens with one attached hydrogen (secondary N) is 2. The van der Waals surface area contributed by atoms with Crippen molar-refractivity contribution in [2.45, 2.75) is 32.6 Å². The molecule has 0 radical (unpaired) electrons. The zero-order valence-electron chi connectivity index (χ0n) is 16.9. The summed E-state index contributed by atoms with van der Waals surface area (Å²) in [4.78, 5) is 30.9. The Kier molecular flexibility index (Phi) is 6.33. The molecule has 0 bridgehead atoms. The summed E-state index contributed by atoms with van der Waals surface area (Å²) >= 11 is 0. The van der Waals surface area contributed by atoms with E-state index in [0.717, 1.165) is 0 Å². The van der Waals surface area contributed by atoms with E-state index in [-0.39, 0.29) is 42.1 Å². The second kappa shape index (κ2) is 8.93. The summed E-state index contributed by atoms with van der Waals surface area (Å²) in [6.07, 6.45) is 0.397. The van der Waals surface area contributed by atoms with Crippen molar-refractivity contribution in [3.63, 3.8) is 0 Å². The van der Waals surface area contributed by atoms with Gasteiger partial charge < -0.3 is 19.5 Å². The molecular weight excluding hydrogens is 392 g/mol.